The van der Waals surface area contributed by atoms with Crippen LogP contribution in [0.25, 0.3) is 0 Å². The maximum atomic E-state index is 5.26. The first-order valence-corrected chi connectivity index (χ1v) is 5.01. The van der Waals surface area contributed by atoms with Crippen molar-refractivity contribution in [1.29, 1.82) is 0 Å². The predicted octanol–water partition coefficient (Wildman–Crippen LogP) is 3.65. The molecule has 2 heteroatoms. The van der Waals surface area contributed by atoms with Gasteiger partial charge < -0.3 is 5.73 Å². The second kappa shape index (κ2) is 6.72. The fourth-order valence-corrected chi connectivity index (χ4v) is 0.820. The minimum atomic E-state index is 0.940. The molecule has 0 aromatic rings. The summed E-state index contributed by atoms with van der Waals surface area (Å²) in [5.74, 6) is 0. The average Bonchev–Trinajstić information content (AvgIpc) is 2.13. The van der Waals surface area contributed by atoms with E-state index in [1.54, 1.807) is 6.08 Å². The molecule has 0 aromatic carbocycles. The highest BCUT2D eigenvalue weighted by molar-refractivity contribution is 9.11. The van der Waals surface area contributed by atoms with Crippen molar-refractivity contribution in [3.8, 4) is 0 Å². The van der Waals surface area contributed by atoms with Crippen LogP contribution in [0.3, 0.4) is 0 Å². The van der Waals surface area contributed by atoms with E-state index in [0.717, 1.165) is 17.6 Å². The molecule has 1 nitrogen and oxygen atoms in total. The van der Waals surface area contributed by atoms with Crippen molar-refractivity contribution in [3.63, 3.8) is 0 Å². The van der Waals surface area contributed by atoms with Crippen LogP contribution < -0.4 is 5.73 Å². The van der Waals surface area contributed by atoms with Gasteiger partial charge in [-0.05, 0) is 41.2 Å². The zero-order valence-corrected chi connectivity index (χ0v) is 9.76. The number of nitrogens with two attached hydrogens (primary N) is 1. The van der Waals surface area contributed by atoms with Crippen molar-refractivity contribution in [2.24, 2.45) is 5.73 Å². The highest BCUT2D eigenvalue weighted by Gasteiger charge is 1.90. The third-order valence-corrected chi connectivity index (χ3v) is 2.48. The van der Waals surface area contributed by atoms with Crippen LogP contribution in [0.1, 0.15) is 20.3 Å². The molecule has 0 aliphatic rings. The van der Waals surface area contributed by atoms with Crippen LogP contribution in [0.5, 0.6) is 0 Å². The predicted molar refractivity (Wildman–Crippen MR) is 63.5 cm³/mol. The normalized spacial score (nSPS) is 13.8. The molecule has 0 aromatic heterocycles. The Morgan fingerprint density at radius 3 is 2.54 bits per heavy atom. The quantitative estimate of drug-likeness (QED) is 0.748. The van der Waals surface area contributed by atoms with Crippen LogP contribution in [0.2, 0.25) is 0 Å². The van der Waals surface area contributed by atoms with Gasteiger partial charge in [-0.15, -0.1) is 0 Å². The summed E-state index contributed by atoms with van der Waals surface area (Å²) in [6.07, 6.45) is 8.35. The Hall–Kier alpha value is -0.760. The molecule has 72 valence electrons. The van der Waals surface area contributed by atoms with E-state index in [4.69, 9.17) is 5.73 Å². The molecule has 0 radical (unpaired) electrons. The summed E-state index contributed by atoms with van der Waals surface area (Å²) in [6.45, 7) is 7.97. The van der Waals surface area contributed by atoms with Gasteiger partial charge in [-0.25, -0.2) is 0 Å². The summed E-state index contributed by atoms with van der Waals surface area (Å²) in [7, 11) is 0. The van der Waals surface area contributed by atoms with Crippen LogP contribution in [0.15, 0.2) is 46.6 Å². The van der Waals surface area contributed by atoms with E-state index in [2.05, 4.69) is 29.4 Å². The van der Waals surface area contributed by atoms with Gasteiger partial charge in [0, 0.05) is 0 Å². The molecule has 0 aliphatic heterocycles. The number of hydrogen-bond acceptors (Lipinski definition) is 1. The second-order valence-electron chi connectivity index (χ2n) is 2.70. The lowest BCUT2D eigenvalue weighted by Gasteiger charge is -1.97. The Bertz CT molecular complexity index is 259. The Balaban J connectivity index is 4.41. The topological polar surface area (TPSA) is 26.0 Å². The lowest BCUT2D eigenvalue weighted by Crippen LogP contribution is -1.82. The minimum absolute atomic E-state index is 0.940. The fraction of sp³-hybridized carbons (Fsp3) is 0.273. The van der Waals surface area contributed by atoms with Gasteiger partial charge in [-0.2, -0.15) is 0 Å². The first-order chi connectivity index (χ1) is 6.11. The molecule has 0 spiro atoms. The summed E-state index contributed by atoms with van der Waals surface area (Å²) in [6, 6.07) is 0. The molecule has 0 heterocycles. The molecule has 2 N–H and O–H groups in total. The molecule has 0 aliphatic carbocycles. The summed E-state index contributed by atoms with van der Waals surface area (Å²) in [5.41, 5.74) is 7.31. The van der Waals surface area contributed by atoms with E-state index >= 15 is 0 Å². The highest BCUT2D eigenvalue weighted by atomic mass is 79.9. The molecule has 0 atom stereocenters. The van der Waals surface area contributed by atoms with E-state index in [1.807, 2.05) is 19.1 Å². The summed E-state index contributed by atoms with van der Waals surface area (Å²) in [4.78, 5) is 0. The third-order valence-electron chi connectivity index (χ3n) is 1.66. The first kappa shape index (κ1) is 12.2. The van der Waals surface area contributed by atoms with Crippen molar-refractivity contribution in [2.45, 2.75) is 20.3 Å². The fourth-order valence-electron chi connectivity index (χ4n) is 0.688. The Morgan fingerprint density at radius 1 is 1.46 bits per heavy atom. The molecule has 0 saturated heterocycles. The van der Waals surface area contributed by atoms with E-state index < -0.39 is 0 Å². The molecule has 13 heavy (non-hydrogen) atoms. The van der Waals surface area contributed by atoms with Crippen LogP contribution in [0.4, 0.5) is 0 Å². The van der Waals surface area contributed by atoms with Gasteiger partial charge in [0.25, 0.3) is 0 Å². The van der Waals surface area contributed by atoms with Crippen molar-refractivity contribution >= 4 is 15.9 Å². The lowest BCUT2D eigenvalue weighted by molar-refractivity contribution is 1.20. The van der Waals surface area contributed by atoms with Crippen LogP contribution in [-0.2, 0) is 0 Å². The lowest BCUT2D eigenvalue weighted by atomic mass is 10.1. The van der Waals surface area contributed by atoms with Crippen LogP contribution in [0, 0.1) is 0 Å². The standard InChI is InChI=1S/C11H16BrN/c1-4-11(12)6-5-9(2)10(3)7-8-13/h5-8H,3-4,13H2,1-2H3/b8-7-,9-5+,11-6+. The SMILES string of the molecule is C=C(/C=C\N)/C(C)=C/C=C(/Br)CC. The molecule has 0 bridgehead atoms. The maximum Gasteiger partial charge on any atom is -0.00520 e. The smallest absolute Gasteiger partial charge is 0.00520 e. The maximum absolute atomic E-state index is 5.26. The number of halogens is 1. The van der Waals surface area contributed by atoms with E-state index in [9.17, 15) is 0 Å². The van der Waals surface area contributed by atoms with Gasteiger partial charge in [-0.3, -0.25) is 0 Å². The van der Waals surface area contributed by atoms with E-state index in [1.165, 1.54) is 10.7 Å². The van der Waals surface area contributed by atoms with Crippen LogP contribution in [-0.4, -0.2) is 0 Å². The number of hydrogen-bond donors (Lipinski definition) is 1. The third kappa shape index (κ3) is 5.47. The van der Waals surface area contributed by atoms with Crippen LogP contribution >= 0.6 is 15.9 Å². The van der Waals surface area contributed by atoms with Gasteiger partial charge in [0.1, 0.15) is 0 Å². The van der Waals surface area contributed by atoms with E-state index in [0.29, 0.717) is 0 Å². The molecule has 0 amide bonds. The van der Waals surface area contributed by atoms with Gasteiger partial charge in [-0.1, -0.05) is 41.6 Å². The highest BCUT2D eigenvalue weighted by Crippen LogP contribution is 2.12. The van der Waals surface area contributed by atoms with E-state index in [-0.39, 0.29) is 0 Å². The largest absolute Gasteiger partial charge is 0.405 e. The van der Waals surface area contributed by atoms with Crippen molar-refractivity contribution < 1.29 is 0 Å². The number of rotatable bonds is 4. The molecular weight excluding hydrogens is 226 g/mol. The summed E-state index contributed by atoms with van der Waals surface area (Å²) < 4.78 is 1.18. The molecule has 0 saturated carbocycles. The van der Waals surface area contributed by atoms with Gasteiger partial charge in [0.2, 0.25) is 0 Å². The molecule has 0 unspecified atom stereocenters. The zero-order chi connectivity index (χ0) is 10.3. The van der Waals surface area contributed by atoms with Crippen molar-refractivity contribution in [3.05, 3.63) is 46.6 Å². The van der Waals surface area contributed by atoms with Gasteiger partial charge in [0.15, 0.2) is 0 Å². The monoisotopic (exact) mass is 241 g/mol. The Morgan fingerprint density at radius 2 is 2.08 bits per heavy atom. The first-order valence-electron chi connectivity index (χ1n) is 4.22. The summed E-state index contributed by atoms with van der Waals surface area (Å²) >= 11 is 3.44. The van der Waals surface area contributed by atoms with Gasteiger partial charge >= 0.3 is 0 Å². The van der Waals surface area contributed by atoms with Crippen molar-refractivity contribution in [1.82, 2.24) is 0 Å². The second-order valence-corrected chi connectivity index (χ2v) is 3.72. The molecule has 0 fully saturated rings. The Kier molecular flexibility index (Phi) is 6.33. The Labute approximate surface area is 88.8 Å². The summed E-state index contributed by atoms with van der Waals surface area (Å²) in [5, 5.41) is 0. The zero-order valence-electron chi connectivity index (χ0n) is 8.18. The number of allylic oxidation sites excluding steroid dienone is 6. The molecule has 0 rings (SSSR count). The van der Waals surface area contributed by atoms with Gasteiger partial charge in [0.05, 0.1) is 0 Å². The van der Waals surface area contributed by atoms with Crippen molar-refractivity contribution in [2.75, 3.05) is 0 Å². The average molecular weight is 242 g/mol. The minimum Gasteiger partial charge on any atom is -0.405 e. The molecular formula is C11H16BrN.